The van der Waals surface area contributed by atoms with Gasteiger partial charge in [0.1, 0.15) is 5.75 Å². The zero-order valence-electron chi connectivity index (χ0n) is 12.0. The van der Waals surface area contributed by atoms with E-state index < -0.39 is 5.60 Å². The molecule has 0 radical (unpaired) electrons. The van der Waals surface area contributed by atoms with Crippen molar-refractivity contribution >= 4 is 0 Å². The minimum Gasteiger partial charge on any atom is -0.493 e. The van der Waals surface area contributed by atoms with Gasteiger partial charge >= 0.3 is 0 Å². The third-order valence-electron chi connectivity index (χ3n) is 4.93. The number of fused-ring (bicyclic) bond motifs is 1. The van der Waals surface area contributed by atoms with Crippen LogP contribution in [-0.2, 0) is 12.0 Å². The van der Waals surface area contributed by atoms with Gasteiger partial charge in [-0.3, -0.25) is 0 Å². The number of hydrogen-bond donors (Lipinski definition) is 1. The van der Waals surface area contributed by atoms with Gasteiger partial charge < -0.3 is 9.84 Å². The fraction of sp³-hybridized carbons (Fsp3) is 0.647. The van der Waals surface area contributed by atoms with E-state index >= 15 is 0 Å². The zero-order valence-corrected chi connectivity index (χ0v) is 12.0. The molecule has 0 aromatic heterocycles. The maximum Gasteiger partial charge on any atom is 0.122 e. The molecule has 1 aromatic carbocycles. The van der Waals surface area contributed by atoms with E-state index in [0.29, 0.717) is 11.8 Å². The monoisotopic (exact) mass is 260 g/mol. The Bertz CT molecular complexity index is 466. The van der Waals surface area contributed by atoms with Crippen molar-refractivity contribution in [2.45, 2.75) is 51.6 Å². The Hall–Kier alpha value is -1.02. The van der Waals surface area contributed by atoms with Crippen LogP contribution in [0.3, 0.4) is 0 Å². The van der Waals surface area contributed by atoms with Crippen LogP contribution in [0.1, 0.15) is 50.7 Å². The minimum absolute atomic E-state index is 0.377. The standard InChI is InChI=1S/C17H24O2/c1-12(2)15-5-3-4-9-17(15,18)14-6-7-16-13(11-14)8-10-19-16/h6-7,11-12,15,18H,3-5,8-10H2,1-2H3. The van der Waals surface area contributed by atoms with Crippen LogP contribution in [0.15, 0.2) is 18.2 Å². The highest BCUT2D eigenvalue weighted by Gasteiger charge is 2.42. The zero-order chi connectivity index (χ0) is 13.5. The molecule has 0 bridgehead atoms. The SMILES string of the molecule is CC(C)C1CCCCC1(O)c1ccc2c(c1)CCO2. The van der Waals surface area contributed by atoms with E-state index in [2.05, 4.69) is 26.0 Å². The molecule has 2 unspecified atom stereocenters. The highest BCUT2D eigenvalue weighted by Crippen LogP contribution is 2.46. The van der Waals surface area contributed by atoms with Crippen LogP contribution in [0.5, 0.6) is 5.75 Å². The van der Waals surface area contributed by atoms with Crippen molar-refractivity contribution in [2.24, 2.45) is 11.8 Å². The van der Waals surface area contributed by atoms with Crippen LogP contribution in [-0.4, -0.2) is 11.7 Å². The number of benzene rings is 1. The summed E-state index contributed by atoms with van der Waals surface area (Å²) in [5, 5.41) is 11.3. The molecule has 0 saturated heterocycles. The van der Waals surface area contributed by atoms with Gasteiger partial charge in [0.15, 0.2) is 0 Å². The average Bonchev–Trinajstić information content (AvgIpc) is 2.86. The molecule has 1 aliphatic heterocycles. The number of ether oxygens (including phenoxy) is 1. The first-order valence-corrected chi connectivity index (χ1v) is 7.60. The van der Waals surface area contributed by atoms with Gasteiger partial charge in [-0.1, -0.05) is 32.8 Å². The lowest BCUT2D eigenvalue weighted by Gasteiger charge is -2.43. The Kier molecular flexibility index (Phi) is 3.30. The highest BCUT2D eigenvalue weighted by atomic mass is 16.5. The summed E-state index contributed by atoms with van der Waals surface area (Å²) >= 11 is 0. The van der Waals surface area contributed by atoms with Crippen LogP contribution in [0.25, 0.3) is 0 Å². The summed E-state index contributed by atoms with van der Waals surface area (Å²) in [5.41, 5.74) is 1.73. The third kappa shape index (κ3) is 2.16. The largest absolute Gasteiger partial charge is 0.493 e. The fourth-order valence-electron chi connectivity index (χ4n) is 3.88. The maximum atomic E-state index is 11.3. The van der Waals surface area contributed by atoms with Crippen molar-refractivity contribution in [3.8, 4) is 5.75 Å². The molecule has 2 aliphatic rings. The summed E-state index contributed by atoms with van der Waals surface area (Å²) in [6.07, 6.45) is 5.40. The van der Waals surface area contributed by atoms with Crippen molar-refractivity contribution in [1.29, 1.82) is 0 Å². The second-order valence-corrected chi connectivity index (χ2v) is 6.44. The van der Waals surface area contributed by atoms with Gasteiger partial charge in [-0.25, -0.2) is 0 Å². The van der Waals surface area contributed by atoms with Crippen molar-refractivity contribution in [3.63, 3.8) is 0 Å². The summed E-state index contributed by atoms with van der Waals surface area (Å²) in [6, 6.07) is 6.30. The number of hydrogen-bond acceptors (Lipinski definition) is 2. The predicted octanol–water partition coefficient (Wildman–Crippen LogP) is 3.66. The van der Waals surface area contributed by atoms with Crippen molar-refractivity contribution in [2.75, 3.05) is 6.61 Å². The van der Waals surface area contributed by atoms with Gasteiger partial charge in [0, 0.05) is 6.42 Å². The van der Waals surface area contributed by atoms with E-state index in [4.69, 9.17) is 4.74 Å². The molecular weight excluding hydrogens is 236 g/mol. The Morgan fingerprint density at radius 3 is 2.95 bits per heavy atom. The lowest BCUT2D eigenvalue weighted by Crippen LogP contribution is -2.40. The summed E-state index contributed by atoms with van der Waals surface area (Å²) in [5.74, 6) is 1.90. The highest BCUT2D eigenvalue weighted by molar-refractivity contribution is 5.42. The lowest BCUT2D eigenvalue weighted by atomic mass is 9.67. The molecule has 3 rings (SSSR count). The smallest absolute Gasteiger partial charge is 0.122 e. The van der Waals surface area contributed by atoms with Gasteiger partial charge in [0.2, 0.25) is 0 Å². The summed E-state index contributed by atoms with van der Waals surface area (Å²) in [6.45, 7) is 5.25. The second-order valence-electron chi connectivity index (χ2n) is 6.44. The Morgan fingerprint density at radius 1 is 1.32 bits per heavy atom. The van der Waals surface area contributed by atoms with E-state index in [0.717, 1.165) is 43.6 Å². The molecule has 1 N–H and O–H groups in total. The predicted molar refractivity (Wildman–Crippen MR) is 76.3 cm³/mol. The van der Waals surface area contributed by atoms with E-state index in [1.807, 2.05) is 6.07 Å². The average molecular weight is 260 g/mol. The van der Waals surface area contributed by atoms with Gasteiger partial charge in [0.05, 0.1) is 12.2 Å². The molecule has 1 saturated carbocycles. The van der Waals surface area contributed by atoms with Crippen LogP contribution >= 0.6 is 0 Å². The Balaban J connectivity index is 1.98. The Labute approximate surface area is 115 Å². The molecule has 104 valence electrons. The first-order valence-electron chi connectivity index (χ1n) is 7.60. The first-order chi connectivity index (χ1) is 9.11. The molecule has 0 spiro atoms. The molecule has 2 atom stereocenters. The van der Waals surface area contributed by atoms with Gasteiger partial charge in [0.25, 0.3) is 0 Å². The van der Waals surface area contributed by atoms with Gasteiger partial charge in [-0.05, 0) is 47.9 Å². The van der Waals surface area contributed by atoms with Gasteiger partial charge in [-0.15, -0.1) is 0 Å². The van der Waals surface area contributed by atoms with E-state index in [1.54, 1.807) is 0 Å². The number of aliphatic hydroxyl groups is 1. The summed E-state index contributed by atoms with van der Waals surface area (Å²) in [7, 11) is 0. The molecule has 2 heteroatoms. The quantitative estimate of drug-likeness (QED) is 0.879. The second kappa shape index (κ2) is 4.82. The molecule has 2 nitrogen and oxygen atoms in total. The molecule has 1 aliphatic carbocycles. The van der Waals surface area contributed by atoms with Crippen molar-refractivity contribution in [3.05, 3.63) is 29.3 Å². The summed E-state index contributed by atoms with van der Waals surface area (Å²) < 4.78 is 5.57. The molecular formula is C17H24O2. The van der Waals surface area contributed by atoms with E-state index in [1.165, 1.54) is 12.0 Å². The normalized spacial score (nSPS) is 30.2. The summed E-state index contributed by atoms with van der Waals surface area (Å²) in [4.78, 5) is 0. The van der Waals surface area contributed by atoms with Crippen LogP contribution < -0.4 is 4.74 Å². The van der Waals surface area contributed by atoms with E-state index in [-0.39, 0.29) is 0 Å². The lowest BCUT2D eigenvalue weighted by molar-refractivity contribution is -0.0721. The number of rotatable bonds is 2. The minimum atomic E-state index is -0.635. The van der Waals surface area contributed by atoms with Crippen LogP contribution in [0.2, 0.25) is 0 Å². The molecule has 19 heavy (non-hydrogen) atoms. The fourth-order valence-corrected chi connectivity index (χ4v) is 3.88. The maximum absolute atomic E-state index is 11.3. The molecule has 1 heterocycles. The van der Waals surface area contributed by atoms with Crippen LogP contribution in [0, 0.1) is 11.8 Å². The van der Waals surface area contributed by atoms with Crippen LogP contribution in [0.4, 0.5) is 0 Å². The topological polar surface area (TPSA) is 29.5 Å². The van der Waals surface area contributed by atoms with E-state index in [9.17, 15) is 5.11 Å². The third-order valence-corrected chi connectivity index (χ3v) is 4.93. The molecule has 0 amide bonds. The van der Waals surface area contributed by atoms with Crippen molar-refractivity contribution < 1.29 is 9.84 Å². The Morgan fingerprint density at radius 2 is 2.16 bits per heavy atom. The molecule has 1 fully saturated rings. The molecule has 1 aromatic rings. The van der Waals surface area contributed by atoms with Gasteiger partial charge in [-0.2, -0.15) is 0 Å². The van der Waals surface area contributed by atoms with Crippen molar-refractivity contribution in [1.82, 2.24) is 0 Å². The first kappa shape index (κ1) is 13.0.